The van der Waals surface area contributed by atoms with Crippen molar-refractivity contribution in [2.75, 3.05) is 6.54 Å². The first-order valence-electron chi connectivity index (χ1n) is 7.91. The number of hydrogen-bond donors (Lipinski definition) is 1. The Bertz CT molecular complexity index is 588. The van der Waals surface area contributed by atoms with Crippen LogP contribution in [0.5, 0.6) is 0 Å². The molecular formula is C15H25N3O2S. The Hall–Kier alpha value is -0.880. The molecule has 0 aromatic rings. The number of hydrogen-bond acceptors (Lipinski definition) is 4. The third-order valence-corrected chi connectivity index (χ3v) is 7.10. The van der Waals surface area contributed by atoms with Crippen LogP contribution in [0.3, 0.4) is 0 Å². The van der Waals surface area contributed by atoms with Crippen molar-refractivity contribution >= 4 is 15.9 Å². The number of fused-ring (bicyclic) bond motifs is 1. The maximum atomic E-state index is 12.4. The van der Waals surface area contributed by atoms with Gasteiger partial charge in [-0.25, -0.2) is 13.1 Å². The lowest BCUT2D eigenvalue weighted by Gasteiger charge is -2.28. The second kappa shape index (κ2) is 5.39. The maximum absolute atomic E-state index is 12.4. The molecule has 1 saturated carbocycles. The van der Waals surface area contributed by atoms with Gasteiger partial charge in [0, 0.05) is 24.7 Å². The third kappa shape index (κ3) is 2.75. The number of rotatable bonds is 3. The van der Waals surface area contributed by atoms with Crippen LogP contribution in [0.1, 0.15) is 52.9 Å². The molecule has 3 rings (SSSR count). The molecule has 21 heavy (non-hydrogen) atoms. The van der Waals surface area contributed by atoms with Crippen LogP contribution in [-0.2, 0) is 10.0 Å². The molecule has 2 fully saturated rings. The fourth-order valence-corrected chi connectivity index (χ4v) is 5.50. The molecule has 5 nitrogen and oxygen atoms in total. The second-order valence-corrected chi connectivity index (χ2v) is 8.56. The molecule has 6 heteroatoms. The lowest BCUT2D eigenvalue weighted by molar-refractivity contribution is 0.505. The van der Waals surface area contributed by atoms with Crippen molar-refractivity contribution in [3.05, 3.63) is 11.3 Å². The van der Waals surface area contributed by atoms with Crippen molar-refractivity contribution in [2.45, 2.75) is 70.2 Å². The monoisotopic (exact) mass is 311 g/mol. The van der Waals surface area contributed by atoms with E-state index in [1.807, 2.05) is 6.92 Å². The van der Waals surface area contributed by atoms with Crippen molar-refractivity contribution in [2.24, 2.45) is 4.99 Å². The van der Waals surface area contributed by atoms with E-state index in [0.717, 1.165) is 37.9 Å². The smallest absolute Gasteiger partial charge is 0.214 e. The molecule has 0 radical (unpaired) electrons. The SMILES string of the molecule is CC1=NC(C)C(C)=C2CC(NS(=O)(=O)C3CCCC3)CN12. The van der Waals surface area contributed by atoms with Gasteiger partial charge in [-0.2, -0.15) is 0 Å². The summed E-state index contributed by atoms with van der Waals surface area (Å²) >= 11 is 0. The predicted octanol–water partition coefficient (Wildman–Crippen LogP) is 2.02. The Morgan fingerprint density at radius 3 is 2.57 bits per heavy atom. The van der Waals surface area contributed by atoms with Gasteiger partial charge in [0.2, 0.25) is 10.0 Å². The van der Waals surface area contributed by atoms with Gasteiger partial charge in [0.05, 0.1) is 11.3 Å². The first-order chi connectivity index (χ1) is 9.88. The topological polar surface area (TPSA) is 61.8 Å². The lowest BCUT2D eigenvalue weighted by atomic mass is 10.0. The summed E-state index contributed by atoms with van der Waals surface area (Å²) in [5.74, 6) is 1.01. The van der Waals surface area contributed by atoms with E-state index in [2.05, 4.69) is 28.5 Å². The highest BCUT2D eigenvalue weighted by atomic mass is 32.2. The molecule has 0 aromatic carbocycles. The molecule has 1 N–H and O–H groups in total. The first kappa shape index (κ1) is 15.0. The van der Waals surface area contributed by atoms with Crippen molar-refractivity contribution in [3.8, 4) is 0 Å². The van der Waals surface area contributed by atoms with Gasteiger partial charge in [0.15, 0.2) is 0 Å². The van der Waals surface area contributed by atoms with E-state index in [1.165, 1.54) is 11.3 Å². The van der Waals surface area contributed by atoms with E-state index < -0.39 is 10.0 Å². The molecule has 1 saturated heterocycles. The fraction of sp³-hybridized carbons (Fsp3) is 0.800. The number of nitrogens with zero attached hydrogens (tertiary/aromatic N) is 2. The number of amidine groups is 1. The largest absolute Gasteiger partial charge is 0.332 e. The molecule has 1 aliphatic carbocycles. The molecule has 0 bridgehead atoms. The Morgan fingerprint density at radius 2 is 1.90 bits per heavy atom. The third-order valence-electron chi connectivity index (χ3n) is 5.09. The normalized spacial score (nSPS) is 30.8. The average Bonchev–Trinajstić information content (AvgIpc) is 3.04. The zero-order valence-corrected chi connectivity index (χ0v) is 13.9. The van der Waals surface area contributed by atoms with Gasteiger partial charge in [0.1, 0.15) is 5.84 Å². The van der Waals surface area contributed by atoms with Gasteiger partial charge >= 0.3 is 0 Å². The Balaban J connectivity index is 1.74. The molecule has 0 amide bonds. The van der Waals surface area contributed by atoms with Crippen LogP contribution in [0.2, 0.25) is 0 Å². The average molecular weight is 311 g/mol. The van der Waals surface area contributed by atoms with Crippen LogP contribution in [0.25, 0.3) is 0 Å². The van der Waals surface area contributed by atoms with Crippen LogP contribution >= 0.6 is 0 Å². The van der Waals surface area contributed by atoms with Gasteiger partial charge in [-0.15, -0.1) is 0 Å². The summed E-state index contributed by atoms with van der Waals surface area (Å²) in [5, 5.41) is -0.182. The van der Waals surface area contributed by atoms with Gasteiger partial charge in [0.25, 0.3) is 0 Å². The van der Waals surface area contributed by atoms with E-state index in [9.17, 15) is 8.42 Å². The Labute approximate surface area is 127 Å². The van der Waals surface area contributed by atoms with Crippen molar-refractivity contribution in [1.29, 1.82) is 0 Å². The molecule has 2 unspecified atom stereocenters. The van der Waals surface area contributed by atoms with Gasteiger partial charge < -0.3 is 4.90 Å². The minimum atomic E-state index is -3.17. The molecule has 118 valence electrons. The molecule has 3 aliphatic rings. The van der Waals surface area contributed by atoms with E-state index >= 15 is 0 Å². The molecule has 0 aromatic heterocycles. The zero-order chi connectivity index (χ0) is 15.2. The fourth-order valence-electron chi connectivity index (χ4n) is 3.73. The van der Waals surface area contributed by atoms with Crippen molar-refractivity contribution in [1.82, 2.24) is 9.62 Å². The molecule has 0 spiro atoms. The van der Waals surface area contributed by atoms with Gasteiger partial charge in [-0.1, -0.05) is 12.8 Å². The number of aliphatic imine (C=N–C) groups is 1. The molecular weight excluding hydrogens is 286 g/mol. The van der Waals surface area contributed by atoms with Crippen LogP contribution in [0, 0.1) is 0 Å². The van der Waals surface area contributed by atoms with Gasteiger partial charge in [-0.3, -0.25) is 4.99 Å². The summed E-state index contributed by atoms with van der Waals surface area (Å²) in [4.78, 5) is 6.80. The summed E-state index contributed by atoms with van der Waals surface area (Å²) in [7, 11) is -3.17. The lowest BCUT2D eigenvalue weighted by Crippen LogP contribution is -2.42. The predicted molar refractivity (Wildman–Crippen MR) is 84.7 cm³/mol. The standard InChI is InChI=1S/C15H25N3O2S/c1-10-11(2)16-12(3)18-9-13(8-15(10)18)17-21(19,20)14-6-4-5-7-14/h11,13-14,17H,4-9H2,1-3H3. The van der Waals surface area contributed by atoms with Crippen LogP contribution in [-0.4, -0.2) is 43.0 Å². The highest BCUT2D eigenvalue weighted by Crippen LogP contribution is 2.32. The van der Waals surface area contributed by atoms with E-state index in [4.69, 9.17) is 0 Å². The molecule has 2 aliphatic heterocycles. The van der Waals surface area contributed by atoms with Crippen LogP contribution in [0.15, 0.2) is 16.3 Å². The van der Waals surface area contributed by atoms with Crippen molar-refractivity contribution < 1.29 is 8.42 Å². The van der Waals surface area contributed by atoms with Crippen LogP contribution in [0.4, 0.5) is 0 Å². The number of nitrogens with one attached hydrogen (secondary N) is 1. The van der Waals surface area contributed by atoms with Gasteiger partial charge in [-0.05, 0) is 39.2 Å². The number of sulfonamides is 1. The minimum Gasteiger partial charge on any atom is -0.332 e. The van der Waals surface area contributed by atoms with Crippen LogP contribution < -0.4 is 4.72 Å². The zero-order valence-electron chi connectivity index (χ0n) is 13.1. The van der Waals surface area contributed by atoms with E-state index in [-0.39, 0.29) is 17.3 Å². The Kier molecular flexibility index (Phi) is 3.86. The molecule has 2 heterocycles. The summed E-state index contributed by atoms with van der Waals surface area (Å²) in [6.45, 7) is 6.92. The van der Waals surface area contributed by atoms with E-state index in [1.54, 1.807) is 0 Å². The summed E-state index contributed by atoms with van der Waals surface area (Å²) in [6.07, 6.45) is 4.48. The summed E-state index contributed by atoms with van der Waals surface area (Å²) < 4.78 is 27.8. The van der Waals surface area contributed by atoms with E-state index in [0.29, 0.717) is 6.54 Å². The summed E-state index contributed by atoms with van der Waals surface area (Å²) in [5.41, 5.74) is 2.53. The quantitative estimate of drug-likeness (QED) is 0.867. The van der Waals surface area contributed by atoms with Crippen molar-refractivity contribution in [3.63, 3.8) is 0 Å². The minimum absolute atomic E-state index is 0.0176. The Morgan fingerprint density at radius 1 is 1.24 bits per heavy atom. The summed E-state index contributed by atoms with van der Waals surface area (Å²) in [6, 6.07) is 0.192. The first-order valence-corrected chi connectivity index (χ1v) is 9.46. The highest BCUT2D eigenvalue weighted by molar-refractivity contribution is 7.90. The molecule has 2 atom stereocenters. The second-order valence-electron chi connectivity index (χ2n) is 6.56. The highest BCUT2D eigenvalue weighted by Gasteiger charge is 2.37. The maximum Gasteiger partial charge on any atom is 0.214 e.